The summed E-state index contributed by atoms with van der Waals surface area (Å²) in [6.07, 6.45) is -1.66. The molecule has 1 fully saturated rings. The maximum atomic E-state index is 15.0. The predicted octanol–water partition coefficient (Wildman–Crippen LogP) is 5.27. The van der Waals surface area contributed by atoms with E-state index in [2.05, 4.69) is 15.1 Å². The van der Waals surface area contributed by atoms with Crippen molar-refractivity contribution in [1.82, 2.24) is 14.5 Å². The van der Waals surface area contributed by atoms with E-state index >= 15 is 0 Å². The van der Waals surface area contributed by atoms with Crippen LogP contribution in [0.1, 0.15) is 36.4 Å². The third kappa shape index (κ3) is 6.76. The van der Waals surface area contributed by atoms with E-state index < -0.39 is 50.0 Å². The number of rotatable bonds is 8. The molecule has 2 atom stereocenters. The van der Waals surface area contributed by atoms with Crippen molar-refractivity contribution in [3.05, 3.63) is 104 Å². The molecular weight excluding hydrogens is 659 g/mol. The Bertz CT molecular complexity index is 2050. The Hall–Kier alpha value is -5.95. The summed E-state index contributed by atoms with van der Waals surface area (Å²) in [4.78, 5) is 46.2. The Balaban J connectivity index is 1.21. The molecule has 2 aliphatic rings. The quantitative estimate of drug-likeness (QED) is 0.105. The number of nitrogens with zero attached hydrogens (tertiary/aromatic N) is 4. The van der Waals surface area contributed by atoms with Gasteiger partial charge in [-0.15, -0.1) is 5.10 Å². The summed E-state index contributed by atoms with van der Waals surface area (Å²) in [5.41, 5.74) is 0.132. The molecule has 17 nitrogen and oxygen atoms in total. The molecule has 0 unspecified atom stereocenters. The number of nitro groups is 2. The molecule has 0 radical (unpaired) electrons. The van der Waals surface area contributed by atoms with E-state index in [4.69, 9.17) is 14.2 Å². The molecule has 4 aromatic rings. The van der Waals surface area contributed by atoms with Crippen LogP contribution in [-0.2, 0) is 21.3 Å². The Labute approximate surface area is 269 Å². The second-order valence-corrected chi connectivity index (χ2v) is 12.5. The number of nitro benzene ring substituents is 2. The molecule has 1 aliphatic heterocycles. The van der Waals surface area contributed by atoms with Crippen LogP contribution in [0.5, 0.6) is 11.5 Å². The average molecular weight is 683 g/mol. The first-order valence-corrected chi connectivity index (χ1v) is 15.6. The highest BCUT2D eigenvalue weighted by Crippen LogP contribution is 2.38. The van der Waals surface area contributed by atoms with Gasteiger partial charge in [-0.3, -0.25) is 20.2 Å². The van der Waals surface area contributed by atoms with Crippen molar-refractivity contribution >= 4 is 45.2 Å². The molecule has 2 heterocycles. The first-order valence-electron chi connectivity index (χ1n) is 14.1. The first kappa shape index (κ1) is 32.0. The van der Waals surface area contributed by atoms with Gasteiger partial charge in [-0.2, -0.15) is 4.68 Å². The lowest BCUT2D eigenvalue weighted by molar-refractivity contribution is -0.385. The fraction of sp³-hybridized carbons (Fsp3) is 0.207. The van der Waals surface area contributed by atoms with Crippen molar-refractivity contribution < 1.29 is 46.5 Å². The average Bonchev–Trinajstić information content (AvgIpc) is 3.75. The molecule has 1 aromatic heterocycles. The Morgan fingerprint density at radius 3 is 2.19 bits per heavy atom. The van der Waals surface area contributed by atoms with Crippen molar-refractivity contribution in [1.29, 1.82) is 0 Å². The van der Waals surface area contributed by atoms with Crippen molar-refractivity contribution in [3.63, 3.8) is 0 Å². The minimum absolute atomic E-state index is 0.0124. The molecule has 1 saturated carbocycles. The van der Waals surface area contributed by atoms with Gasteiger partial charge >= 0.3 is 12.2 Å². The van der Waals surface area contributed by atoms with Crippen LogP contribution in [0, 0.1) is 26.0 Å². The number of ether oxygens (including phenoxy) is 3. The normalized spacial score (nSPS) is 17.7. The van der Waals surface area contributed by atoms with E-state index in [1.54, 1.807) is 0 Å². The number of hydrogen-bond donors (Lipinski definition) is 2. The highest BCUT2D eigenvalue weighted by atomic mass is 32.2. The molecule has 3 aromatic carbocycles. The number of non-ortho nitro benzene ring substituents is 2. The molecule has 0 bridgehead atoms. The van der Waals surface area contributed by atoms with Gasteiger partial charge in [-0.05, 0) is 61.2 Å². The number of sulfonamides is 1. The van der Waals surface area contributed by atoms with Crippen LogP contribution in [0.2, 0.25) is 0 Å². The number of carbonyl (C=O) groups is 2. The molecule has 6 rings (SSSR count). The summed E-state index contributed by atoms with van der Waals surface area (Å²) >= 11 is 0. The van der Waals surface area contributed by atoms with Gasteiger partial charge in [0.25, 0.3) is 11.4 Å². The van der Waals surface area contributed by atoms with Crippen LogP contribution in [0.4, 0.5) is 36.9 Å². The lowest BCUT2D eigenvalue weighted by atomic mass is 10.0. The van der Waals surface area contributed by atoms with E-state index in [1.165, 1.54) is 48.5 Å². The standard InChI is InChI=1S/C29H23FN6O11S/c30-23-13-26-17(15-31-48(26,43)44)12-24(23)32-27-14-25(34(33-27)28(37)45-20-7-2-18(3-8-20)35(39)40)16-1-6-22(11-16)47-29(38)46-21-9-4-19(5-10-21)36(41)42/h2-5,7-10,12-14,16,22,31H,1,6,11,15H2,(H,32,33)/t16-,22+/m0/s1. The molecule has 248 valence electrons. The summed E-state index contributed by atoms with van der Waals surface area (Å²) in [5.74, 6) is -1.27. The zero-order valence-electron chi connectivity index (χ0n) is 24.4. The van der Waals surface area contributed by atoms with Gasteiger partial charge in [0, 0.05) is 42.8 Å². The number of hydrogen-bond acceptors (Lipinski definition) is 13. The van der Waals surface area contributed by atoms with Gasteiger partial charge in [0.15, 0.2) is 5.82 Å². The van der Waals surface area contributed by atoms with Gasteiger partial charge in [0.05, 0.1) is 26.1 Å². The largest absolute Gasteiger partial charge is 0.514 e. The maximum absolute atomic E-state index is 15.0. The Morgan fingerprint density at radius 2 is 1.56 bits per heavy atom. The van der Waals surface area contributed by atoms with Crippen LogP contribution >= 0.6 is 0 Å². The SMILES string of the molecule is O=C(Oc1ccc([N+](=O)[O-])cc1)O[C@@H]1CC[C@H](c2cc(Nc3cc4c(cc3F)S(=O)(=O)NC4)nn2C(=O)Oc2ccc([N+](=O)[O-])cc2)C1. The third-order valence-electron chi connectivity index (χ3n) is 7.63. The molecule has 0 spiro atoms. The van der Waals surface area contributed by atoms with Gasteiger partial charge in [0.1, 0.15) is 23.4 Å². The zero-order chi connectivity index (χ0) is 34.2. The van der Waals surface area contributed by atoms with E-state index in [9.17, 15) is 42.6 Å². The van der Waals surface area contributed by atoms with Crippen molar-refractivity contribution in [3.8, 4) is 11.5 Å². The van der Waals surface area contributed by atoms with E-state index in [-0.39, 0.29) is 52.2 Å². The molecule has 2 N–H and O–H groups in total. The summed E-state index contributed by atoms with van der Waals surface area (Å²) < 4.78 is 58.4. The zero-order valence-corrected chi connectivity index (χ0v) is 25.2. The lowest BCUT2D eigenvalue weighted by Crippen LogP contribution is -2.22. The smallest absolute Gasteiger partial charge is 0.431 e. The molecule has 1 aliphatic carbocycles. The summed E-state index contributed by atoms with van der Waals surface area (Å²) in [6, 6.07) is 13.3. The summed E-state index contributed by atoms with van der Waals surface area (Å²) in [5, 5.41) is 28.9. The molecular formula is C29H23FN6O11S. The minimum atomic E-state index is -3.82. The Kier molecular flexibility index (Phi) is 8.46. The van der Waals surface area contributed by atoms with Crippen molar-refractivity contribution in [2.45, 2.75) is 42.7 Å². The van der Waals surface area contributed by atoms with Crippen molar-refractivity contribution in [2.75, 3.05) is 5.32 Å². The fourth-order valence-corrected chi connectivity index (χ4v) is 6.59. The number of anilines is 2. The third-order valence-corrected chi connectivity index (χ3v) is 9.12. The number of fused-ring (bicyclic) bond motifs is 1. The maximum Gasteiger partial charge on any atom is 0.514 e. The topological polar surface area (TPSA) is 224 Å². The molecule has 19 heteroatoms. The predicted molar refractivity (Wildman–Crippen MR) is 161 cm³/mol. The lowest BCUT2D eigenvalue weighted by Gasteiger charge is -2.14. The molecule has 0 amide bonds. The van der Waals surface area contributed by atoms with E-state index in [1.807, 2.05) is 0 Å². The van der Waals surface area contributed by atoms with Gasteiger partial charge < -0.3 is 19.5 Å². The van der Waals surface area contributed by atoms with Crippen LogP contribution in [-0.4, -0.2) is 46.4 Å². The Morgan fingerprint density at radius 1 is 0.938 bits per heavy atom. The second-order valence-electron chi connectivity index (χ2n) is 10.7. The van der Waals surface area contributed by atoms with Gasteiger partial charge in [-0.1, -0.05) is 0 Å². The van der Waals surface area contributed by atoms with Crippen LogP contribution < -0.4 is 19.5 Å². The first-order chi connectivity index (χ1) is 22.9. The van der Waals surface area contributed by atoms with Crippen LogP contribution in [0.25, 0.3) is 0 Å². The highest BCUT2D eigenvalue weighted by Gasteiger charge is 2.34. The second kappa shape index (κ2) is 12.7. The summed E-state index contributed by atoms with van der Waals surface area (Å²) in [6.45, 7) is -0.0377. The number of benzene rings is 3. The van der Waals surface area contributed by atoms with Crippen LogP contribution in [0.3, 0.4) is 0 Å². The van der Waals surface area contributed by atoms with Crippen molar-refractivity contribution in [2.24, 2.45) is 0 Å². The highest BCUT2D eigenvalue weighted by molar-refractivity contribution is 7.89. The van der Waals surface area contributed by atoms with E-state index in [0.717, 1.165) is 22.9 Å². The van der Waals surface area contributed by atoms with Crippen LogP contribution in [0.15, 0.2) is 71.6 Å². The fourth-order valence-electron chi connectivity index (χ4n) is 5.35. The molecule has 0 saturated heterocycles. The van der Waals surface area contributed by atoms with Gasteiger partial charge in [-0.25, -0.2) is 27.1 Å². The number of aromatic nitrogens is 2. The summed E-state index contributed by atoms with van der Waals surface area (Å²) in [7, 11) is -3.82. The molecule has 48 heavy (non-hydrogen) atoms. The number of carbonyl (C=O) groups excluding carboxylic acids is 2. The monoisotopic (exact) mass is 682 g/mol. The van der Waals surface area contributed by atoms with E-state index in [0.29, 0.717) is 24.1 Å². The minimum Gasteiger partial charge on any atom is -0.431 e. The van der Waals surface area contributed by atoms with Gasteiger partial charge in [0.2, 0.25) is 10.0 Å². The number of nitrogens with one attached hydrogen (secondary N) is 2. The number of halogens is 1.